The minimum Gasteiger partial charge on any atom is -0.379 e. The molecule has 1 fully saturated rings. The molecule has 4 rings (SSSR count). The summed E-state index contributed by atoms with van der Waals surface area (Å²) in [6, 6.07) is 16.5. The first-order valence-electron chi connectivity index (χ1n) is 7.29. The second-order valence-electron chi connectivity index (χ2n) is 5.23. The lowest BCUT2D eigenvalue weighted by atomic mass is 10.1. The van der Waals surface area contributed by atoms with Crippen LogP contribution in [0.2, 0.25) is 0 Å². The molecular weight excluding hydrogens is 262 g/mol. The predicted octanol–water partition coefficient (Wildman–Crippen LogP) is 3.05. The number of para-hydroxylation sites is 2. The van der Waals surface area contributed by atoms with Crippen LogP contribution in [0, 0.1) is 0 Å². The summed E-state index contributed by atoms with van der Waals surface area (Å²) in [5, 5.41) is 4.53. The van der Waals surface area contributed by atoms with Crippen LogP contribution in [-0.4, -0.2) is 36.3 Å². The summed E-state index contributed by atoms with van der Waals surface area (Å²) >= 11 is 0. The third-order valence-corrected chi connectivity index (χ3v) is 3.87. The summed E-state index contributed by atoms with van der Waals surface area (Å²) < 4.78 is 5.42. The van der Waals surface area contributed by atoms with Crippen LogP contribution >= 0.6 is 0 Å². The van der Waals surface area contributed by atoms with Gasteiger partial charge in [-0.15, -0.1) is 0 Å². The van der Waals surface area contributed by atoms with Crippen LogP contribution < -0.4 is 5.43 Å². The van der Waals surface area contributed by atoms with Crippen molar-refractivity contribution < 1.29 is 4.74 Å². The van der Waals surface area contributed by atoms with E-state index in [-0.39, 0.29) is 0 Å². The summed E-state index contributed by atoms with van der Waals surface area (Å²) in [5.41, 5.74) is 6.76. The van der Waals surface area contributed by atoms with Crippen LogP contribution in [0.5, 0.6) is 0 Å². The van der Waals surface area contributed by atoms with Gasteiger partial charge in [-0.1, -0.05) is 36.4 Å². The molecule has 0 atom stereocenters. The van der Waals surface area contributed by atoms with Gasteiger partial charge in [-0.05, 0) is 12.1 Å². The van der Waals surface area contributed by atoms with Crippen molar-refractivity contribution in [3.63, 3.8) is 0 Å². The van der Waals surface area contributed by atoms with Gasteiger partial charge < -0.3 is 10.2 Å². The van der Waals surface area contributed by atoms with Crippen LogP contribution in [0.25, 0.3) is 21.8 Å². The molecule has 1 aromatic heterocycles. The monoisotopic (exact) mass is 279 g/mol. The van der Waals surface area contributed by atoms with Crippen LogP contribution in [0.15, 0.2) is 48.5 Å². The number of benzene rings is 2. The van der Waals surface area contributed by atoms with E-state index >= 15 is 0 Å². The zero-order valence-corrected chi connectivity index (χ0v) is 11.7. The van der Waals surface area contributed by atoms with Crippen molar-refractivity contribution in [1.29, 1.82) is 0 Å². The number of ether oxygens (including phenoxy) is 1. The van der Waals surface area contributed by atoms with E-state index in [0.29, 0.717) is 0 Å². The maximum Gasteiger partial charge on any atom is 0.0731 e. The number of hydrazine groups is 1. The molecule has 2 heterocycles. The molecule has 0 bridgehead atoms. The molecule has 0 saturated carbocycles. The first-order chi connectivity index (χ1) is 10.4. The fourth-order valence-corrected chi connectivity index (χ4v) is 2.79. The Morgan fingerprint density at radius 3 is 2.05 bits per heavy atom. The molecule has 0 unspecified atom stereocenters. The average Bonchev–Trinajstić information content (AvgIpc) is 2.55. The highest BCUT2D eigenvalue weighted by Gasteiger charge is 2.14. The average molecular weight is 279 g/mol. The number of hydrogen-bond donors (Lipinski definition) is 1. The molecule has 1 saturated heterocycles. The zero-order valence-electron chi connectivity index (χ0n) is 11.7. The van der Waals surface area contributed by atoms with Gasteiger partial charge in [0.05, 0.1) is 29.9 Å². The van der Waals surface area contributed by atoms with Crippen LogP contribution in [-0.2, 0) is 4.74 Å². The maximum atomic E-state index is 5.42. The Hall–Kier alpha value is -2.17. The number of morpholine rings is 1. The van der Waals surface area contributed by atoms with E-state index in [4.69, 9.17) is 9.72 Å². The lowest BCUT2D eigenvalue weighted by Gasteiger charge is -2.29. The van der Waals surface area contributed by atoms with Crippen molar-refractivity contribution in [3.05, 3.63) is 48.5 Å². The normalized spacial score (nSPS) is 16.4. The molecule has 3 aromatic rings. The number of nitrogens with one attached hydrogen (secondary N) is 1. The van der Waals surface area contributed by atoms with E-state index < -0.39 is 0 Å². The second kappa shape index (κ2) is 5.31. The Morgan fingerprint density at radius 1 is 0.857 bits per heavy atom. The molecular formula is C17H17N3O. The third kappa shape index (κ3) is 2.33. The van der Waals surface area contributed by atoms with E-state index in [9.17, 15) is 0 Å². The Kier molecular flexibility index (Phi) is 3.18. The van der Waals surface area contributed by atoms with Gasteiger partial charge in [-0.2, -0.15) is 0 Å². The van der Waals surface area contributed by atoms with Gasteiger partial charge in [-0.25, -0.2) is 9.99 Å². The van der Waals surface area contributed by atoms with E-state index in [1.54, 1.807) is 0 Å². The third-order valence-electron chi connectivity index (χ3n) is 3.87. The van der Waals surface area contributed by atoms with E-state index in [1.165, 1.54) is 0 Å². The van der Waals surface area contributed by atoms with Crippen LogP contribution in [0.3, 0.4) is 0 Å². The molecule has 0 amide bonds. The van der Waals surface area contributed by atoms with Gasteiger partial charge in [0.15, 0.2) is 0 Å². The quantitative estimate of drug-likeness (QED) is 0.732. The standard InChI is InChI=1S/C17H17N3O/c1-3-7-15-13(5-1)17(19-20-9-11-21-12-10-20)14-6-2-4-8-16(14)18-15/h1-8H,9-12H2,(H,18,19). The number of nitrogens with zero attached hydrogens (tertiary/aromatic N) is 2. The molecule has 1 aliphatic rings. The first-order valence-corrected chi connectivity index (χ1v) is 7.29. The van der Waals surface area contributed by atoms with Gasteiger partial charge in [0, 0.05) is 23.9 Å². The van der Waals surface area contributed by atoms with Gasteiger partial charge in [0.25, 0.3) is 0 Å². The Morgan fingerprint density at radius 2 is 1.43 bits per heavy atom. The highest BCUT2D eigenvalue weighted by atomic mass is 16.5. The molecule has 1 N–H and O–H groups in total. The van der Waals surface area contributed by atoms with Gasteiger partial charge in [0.2, 0.25) is 0 Å². The number of hydrogen-bond acceptors (Lipinski definition) is 4. The van der Waals surface area contributed by atoms with Crippen LogP contribution in [0.4, 0.5) is 5.69 Å². The summed E-state index contributed by atoms with van der Waals surface area (Å²) in [4.78, 5) is 4.75. The fraction of sp³-hybridized carbons (Fsp3) is 0.235. The molecule has 2 aromatic carbocycles. The smallest absolute Gasteiger partial charge is 0.0731 e. The van der Waals surface area contributed by atoms with Gasteiger partial charge in [0.1, 0.15) is 0 Å². The van der Waals surface area contributed by atoms with Crippen molar-refractivity contribution in [2.45, 2.75) is 0 Å². The molecule has 106 valence electrons. The van der Waals surface area contributed by atoms with E-state index in [0.717, 1.165) is 53.8 Å². The van der Waals surface area contributed by atoms with Crippen molar-refractivity contribution in [1.82, 2.24) is 9.99 Å². The van der Waals surface area contributed by atoms with E-state index in [2.05, 4.69) is 46.8 Å². The predicted molar refractivity (Wildman–Crippen MR) is 85.3 cm³/mol. The first kappa shape index (κ1) is 12.6. The highest BCUT2D eigenvalue weighted by Crippen LogP contribution is 2.30. The number of rotatable bonds is 2. The Labute approximate surface area is 123 Å². The largest absolute Gasteiger partial charge is 0.379 e. The zero-order chi connectivity index (χ0) is 14.1. The maximum absolute atomic E-state index is 5.42. The lowest BCUT2D eigenvalue weighted by molar-refractivity contribution is 0.0498. The number of anilines is 1. The summed E-state index contributed by atoms with van der Waals surface area (Å²) in [6.45, 7) is 3.33. The lowest BCUT2D eigenvalue weighted by Crippen LogP contribution is -2.40. The number of aromatic nitrogens is 1. The van der Waals surface area contributed by atoms with E-state index in [1.807, 2.05) is 12.1 Å². The fourth-order valence-electron chi connectivity index (χ4n) is 2.79. The summed E-state index contributed by atoms with van der Waals surface area (Å²) in [5.74, 6) is 0. The number of fused-ring (bicyclic) bond motifs is 2. The Bertz CT molecular complexity index is 727. The number of pyridine rings is 1. The molecule has 1 aliphatic heterocycles. The molecule has 4 heteroatoms. The summed E-state index contributed by atoms with van der Waals surface area (Å²) in [7, 11) is 0. The SMILES string of the molecule is c1ccc2c(NN3CCOCC3)c3ccccc3nc2c1. The van der Waals surface area contributed by atoms with Crippen molar-refractivity contribution >= 4 is 27.5 Å². The topological polar surface area (TPSA) is 37.4 Å². The van der Waals surface area contributed by atoms with Crippen LogP contribution in [0.1, 0.15) is 0 Å². The molecule has 0 radical (unpaired) electrons. The minimum absolute atomic E-state index is 0.772. The summed E-state index contributed by atoms with van der Waals surface area (Å²) in [6.07, 6.45) is 0. The van der Waals surface area contributed by atoms with Gasteiger partial charge >= 0.3 is 0 Å². The second-order valence-corrected chi connectivity index (χ2v) is 5.23. The molecule has 21 heavy (non-hydrogen) atoms. The minimum atomic E-state index is 0.772. The van der Waals surface area contributed by atoms with Crippen molar-refractivity contribution in [2.24, 2.45) is 0 Å². The highest BCUT2D eigenvalue weighted by molar-refractivity contribution is 6.07. The van der Waals surface area contributed by atoms with Crippen molar-refractivity contribution in [3.8, 4) is 0 Å². The Balaban J connectivity index is 1.89. The van der Waals surface area contributed by atoms with Gasteiger partial charge in [-0.3, -0.25) is 0 Å². The van der Waals surface area contributed by atoms with Crippen molar-refractivity contribution in [2.75, 3.05) is 31.7 Å². The molecule has 4 nitrogen and oxygen atoms in total. The molecule has 0 aliphatic carbocycles. The molecule has 0 spiro atoms.